The van der Waals surface area contributed by atoms with Crippen LogP contribution in [0.5, 0.6) is 5.75 Å². The highest BCUT2D eigenvalue weighted by Crippen LogP contribution is 2.28. The van der Waals surface area contributed by atoms with Gasteiger partial charge in [-0.05, 0) is 43.0 Å². The molecule has 0 aliphatic carbocycles. The van der Waals surface area contributed by atoms with Gasteiger partial charge in [-0.25, -0.2) is 0 Å². The summed E-state index contributed by atoms with van der Waals surface area (Å²) in [5.74, 6) is 0.896. The first kappa shape index (κ1) is 16.4. The molecule has 1 aromatic heterocycles. The number of morpholine rings is 1. The Balaban J connectivity index is 1.34. The number of nitrogens with zero attached hydrogens (tertiary/aromatic N) is 1. The van der Waals surface area contributed by atoms with Crippen LogP contribution >= 0.6 is 0 Å². The number of aromatic amines is 1. The average Bonchev–Trinajstić information content (AvgIpc) is 3.06. The van der Waals surface area contributed by atoms with E-state index in [4.69, 9.17) is 9.47 Å². The van der Waals surface area contributed by atoms with E-state index in [1.165, 1.54) is 10.9 Å². The number of carbonyl (C=O) groups excluding carboxylic acids is 1. The standard InChI is InChI=1S/C19H25N3O3/c1-24-15-2-3-17-16(10-15)14(11-20-17)4-7-22-8-5-19(6-9-22)13-21-18(23)12-25-19/h2-3,10-11,20H,4-9,12-13H2,1H3,(H,21,23). The molecule has 3 heterocycles. The van der Waals surface area contributed by atoms with Crippen molar-refractivity contribution in [3.63, 3.8) is 0 Å². The van der Waals surface area contributed by atoms with E-state index in [-0.39, 0.29) is 18.1 Å². The van der Waals surface area contributed by atoms with Gasteiger partial charge >= 0.3 is 0 Å². The number of likely N-dealkylation sites (tertiary alicyclic amines) is 1. The fraction of sp³-hybridized carbons (Fsp3) is 0.526. The zero-order valence-corrected chi connectivity index (χ0v) is 14.6. The van der Waals surface area contributed by atoms with E-state index in [0.717, 1.165) is 50.2 Å². The minimum atomic E-state index is -0.140. The van der Waals surface area contributed by atoms with E-state index in [2.05, 4.69) is 33.5 Å². The van der Waals surface area contributed by atoms with Gasteiger partial charge in [-0.1, -0.05) is 0 Å². The molecule has 2 fully saturated rings. The second-order valence-electron chi connectivity index (χ2n) is 7.07. The number of amides is 1. The summed E-state index contributed by atoms with van der Waals surface area (Å²) >= 11 is 0. The van der Waals surface area contributed by atoms with E-state index >= 15 is 0 Å². The highest BCUT2D eigenvalue weighted by atomic mass is 16.5. The lowest BCUT2D eigenvalue weighted by molar-refractivity contribution is -0.150. The molecular weight excluding hydrogens is 318 g/mol. The number of nitrogens with one attached hydrogen (secondary N) is 2. The molecule has 6 nitrogen and oxygen atoms in total. The number of rotatable bonds is 4. The lowest BCUT2D eigenvalue weighted by Crippen LogP contribution is -2.57. The molecule has 2 aromatic rings. The van der Waals surface area contributed by atoms with Crippen molar-refractivity contribution in [2.75, 3.05) is 39.9 Å². The predicted molar refractivity (Wildman–Crippen MR) is 95.9 cm³/mol. The summed E-state index contributed by atoms with van der Waals surface area (Å²) in [5.41, 5.74) is 2.34. The van der Waals surface area contributed by atoms with Gasteiger partial charge in [0.15, 0.2) is 0 Å². The number of piperidine rings is 1. The number of hydrogen-bond acceptors (Lipinski definition) is 4. The lowest BCUT2D eigenvalue weighted by atomic mass is 9.90. The molecule has 1 amide bonds. The Morgan fingerprint density at radius 2 is 2.16 bits per heavy atom. The number of H-pyrrole nitrogens is 1. The summed E-state index contributed by atoms with van der Waals surface area (Å²) in [7, 11) is 1.70. The van der Waals surface area contributed by atoms with Crippen LogP contribution in [-0.2, 0) is 16.0 Å². The van der Waals surface area contributed by atoms with Gasteiger partial charge in [0.2, 0.25) is 5.91 Å². The molecule has 2 saturated heterocycles. The molecule has 0 radical (unpaired) electrons. The van der Waals surface area contributed by atoms with Crippen molar-refractivity contribution in [1.82, 2.24) is 15.2 Å². The van der Waals surface area contributed by atoms with Crippen molar-refractivity contribution in [2.45, 2.75) is 24.9 Å². The third-order valence-corrected chi connectivity index (χ3v) is 5.56. The molecule has 4 rings (SSSR count). The van der Waals surface area contributed by atoms with Gasteiger partial charge in [-0.2, -0.15) is 0 Å². The van der Waals surface area contributed by atoms with Crippen LogP contribution in [0, 0.1) is 0 Å². The highest BCUT2D eigenvalue weighted by molar-refractivity contribution is 5.84. The van der Waals surface area contributed by atoms with Gasteiger partial charge in [-0.15, -0.1) is 0 Å². The zero-order chi connectivity index (χ0) is 17.3. The molecule has 6 heteroatoms. The normalized spacial score (nSPS) is 20.8. The first-order valence-corrected chi connectivity index (χ1v) is 8.94. The molecule has 0 unspecified atom stereocenters. The maximum atomic E-state index is 11.3. The number of benzene rings is 1. The SMILES string of the molecule is COc1ccc2[nH]cc(CCN3CCC4(CC3)CNC(=O)CO4)c2c1. The van der Waals surface area contributed by atoms with Crippen LogP contribution in [0.1, 0.15) is 18.4 Å². The van der Waals surface area contributed by atoms with Crippen molar-refractivity contribution < 1.29 is 14.3 Å². The van der Waals surface area contributed by atoms with Crippen molar-refractivity contribution in [2.24, 2.45) is 0 Å². The van der Waals surface area contributed by atoms with Crippen LogP contribution in [0.15, 0.2) is 24.4 Å². The van der Waals surface area contributed by atoms with E-state index in [1.54, 1.807) is 7.11 Å². The van der Waals surface area contributed by atoms with Crippen molar-refractivity contribution in [3.05, 3.63) is 30.0 Å². The van der Waals surface area contributed by atoms with Gasteiger partial charge in [-0.3, -0.25) is 4.79 Å². The van der Waals surface area contributed by atoms with Crippen molar-refractivity contribution in [3.8, 4) is 5.75 Å². The summed E-state index contributed by atoms with van der Waals surface area (Å²) in [6.07, 6.45) is 5.08. The fourth-order valence-corrected chi connectivity index (χ4v) is 3.86. The van der Waals surface area contributed by atoms with Crippen LogP contribution in [0.2, 0.25) is 0 Å². The van der Waals surface area contributed by atoms with E-state index < -0.39 is 0 Å². The summed E-state index contributed by atoms with van der Waals surface area (Å²) in [6.45, 7) is 3.93. The Bertz CT molecular complexity index is 750. The Kier molecular flexibility index (Phi) is 4.39. The van der Waals surface area contributed by atoms with E-state index in [9.17, 15) is 4.79 Å². The summed E-state index contributed by atoms with van der Waals surface area (Å²) < 4.78 is 11.2. The Hall–Kier alpha value is -2.05. The highest BCUT2D eigenvalue weighted by Gasteiger charge is 2.38. The van der Waals surface area contributed by atoms with Crippen molar-refractivity contribution >= 4 is 16.8 Å². The Morgan fingerprint density at radius 1 is 1.32 bits per heavy atom. The maximum absolute atomic E-state index is 11.3. The third kappa shape index (κ3) is 3.37. The molecular formula is C19H25N3O3. The second kappa shape index (κ2) is 6.69. The zero-order valence-electron chi connectivity index (χ0n) is 14.6. The third-order valence-electron chi connectivity index (χ3n) is 5.56. The number of methoxy groups -OCH3 is 1. The molecule has 2 aliphatic heterocycles. The number of ether oxygens (including phenoxy) is 2. The maximum Gasteiger partial charge on any atom is 0.246 e. The number of aromatic nitrogens is 1. The molecule has 1 aromatic carbocycles. The monoisotopic (exact) mass is 343 g/mol. The van der Waals surface area contributed by atoms with Crippen LogP contribution in [0.25, 0.3) is 10.9 Å². The molecule has 0 bridgehead atoms. The molecule has 25 heavy (non-hydrogen) atoms. The van der Waals surface area contributed by atoms with Gasteiger partial charge < -0.3 is 24.7 Å². The largest absolute Gasteiger partial charge is 0.497 e. The van der Waals surface area contributed by atoms with Gasteiger partial charge in [0, 0.05) is 43.3 Å². The number of carbonyl (C=O) groups is 1. The van der Waals surface area contributed by atoms with Gasteiger partial charge in [0.05, 0.1) is 12.7 Å². The first-order valence-electron chi connectivity index (χ1n) is 8.94. The summed E-state index contributed by atoms with van der Waals surface area (Å²) in [6, 6.07) is 6.15. The summed E-state index contributed by atoms with van der Waals surface area (Å²) in [5, 5.41) is 4.19. The summed E-state index contributed by atoms with van der Waals surface area (Å²) in [4.78, 5) is 17.1. The second-order valence-corrected chi connectivity index (χ2v) is 7.07. The van der Waals surface area contributed by atoms with Gasteiger partial charge in [0.1, 0.15) is 12.4 Å². The predicted octanol–water partition coefficient (Wildman–Crippen LogP) is 1.70. The van der Waals surface area contributed by atoms with Crippen LogP contribution in [0.4, 0.5) is 0 Å². The Labute approximate surface area is 147 Å². The van der Waals surface area contributed by atoms with E-state index in [1.807, 2.05) is 6.07 Å². The molecule has 0 atom stereocenters. The smallest absolute Gasteiger partial charge is 0.246 e. The topological polar surface area (TPSA) is 66.6 Å². The average molecular weight is 343 g/mol. The first-order chi connectivity index (χ1) is 12.2. The molecule has 1 spiro atoms. The van der Waals surface area contributed by atoms with Crippen LogP contribution in [0.3, 0.4) is 0 Å². The number of hydrogen-bond donors (Lipinski definition) is 2. The van der Waals surface area contributed by atoms with Crippen molar-refractivity contribution in [1.29, 1.82) is 0 Å². The fourth-order valence-electron chi connectivity index (χ4n) is 3.86. The van der Waals surface area contributed by atoms with E-state index in [0.29, 0.717) is 6.54 Å². The van der Waals surface area contributed by atoms with Gasteiger partial charge in [0.25, 0.3) is 0 Å². The quantitative estimate of drug-likeness (QED) is 0.887. The lowest BCUT2D eigenvalue weighted by Gasteiger charge is -2.43. The minimum Gasteiger partial charge on any atom is -0.497 e. The molecule has 2 aliphatic rings. The number of fused-ring (bicyclic) bond motifs is 1. The molecule has 0 saturated carbocycles. The Morgan fingerprint density at radius 3 is 2.88 bits per heavy atom. The minimum absolute atomic E-state index is 0.00261. The van der Waals surface area contributed by atoms with Crippen LogP contribution < -0.4 is 10.1 Å². The van der Waals surface area contributed by atoms with Crippen LogP contribution in [-0.4, -0.2) is 61.3 Å². The molecule has 134 valence electrons. The molecule has 2 N–H and O–H groups in total.